The average Bonchev–Trinajstić information content (AvgIpc) is 3.23. The summed E-state index contributed by atoms with van der Waals surface area (Å²) in [4.78, 5) is 31.1. The van der Waals surface area contributed by atoms with E-state index in [2.05, 4.69) is 25.8 Å². The van der Waals surface area contributed by atoms with E-state index in [0.29, 0.717) is 47.0 Å². The van der Waals surface area contributed by atoms with Gasteiger partial charge >= 0.3 is 6.03 Å². The van der Waals surface area contributed by atoms with Gasteiger partial charge in [0.25, 0.3) is 0 Å². The highest BCUT2D eigenvalue weighted by Gasteiger charge is 2.15. The first-order valence-corrected chi connectivity index (χ1v) is 11.3. The third-order valence-electron chi connectivity index (χ3n) is 4.72. The molecular weight excluding hydrogens is 450 g/mol. The number of thiazole rings is 1. The second-order valence-corrected chi connectivity index (χ2v) is 8.44. The molecule has 3 aromatic rings. The van der Waals surface area contributed by atoms with Crippen LogP contribution in [0.5, 0.6) is 0 Å². The molecule has 0 aliphatic carbocycles. The van der Waals surface area contributed by atoms with Crippen molar-refractivity contribution >= 4 is 51.4 Å². The van der Waals surface area contributed by atoms with Crippen LogP contribution in [0.4, 0.5) is 21.3 Å². The van der Waals surface area contributed by atoms with Gasteiger partial charge in [-0.05, 0) is 30.3 Å². The Hall–Kier alpha value is -2.98. The predicted octanol–water partition coefficient (Wildman–Crippen LogP) is 4.38. The molecule has 2 aromatic carbocycles. The van der Waals surface area contributed by atoms with Gasteiger partial charge < -0.3 is 15.4 Å². The lowest BCUT2D eigenvalue weighted by atomic mass is 10.1. The van der Waals surface area contributed by atoms with Crippen molar-refractivity contribution in [2.75, 3.05) is 48.8 Å². The lowest BCUT2D eigenvalue weighted by Crippen LogP contribution is -2.41. The smallest absolute Gasteiger partial charge is 0.325 e. The van der Waals surface area contributed by atoms with E-state index in [1.54, 1.807) is 24.3 Å². The van der Waals surface area contributed by atoms with Gasteiger partial charge in [-0.3, -0.25) is 15.0 Å². The maximum atomic E-state index is 12.4. The van der Waals surface area contributed by atoms with Crippen molar-refractivity contribution in [1.29, 1.82) is 0 Å². The average molecular weight is 472 g/mol. The number of hydrogen-bond donors (Lipinski definition) is 3. The predicted molar refractivity (Wildman–Crippen MR) is 128 cm³/mol. The fraction of sp³-hybridized carbons (Fsp3) is 0.227. The molecule has 3 N–H and O–H groups in total. The number of nitrogens with zero attached hydrogens (tertiary/aromatic N) is 2. The van der Waals surface area contributed by atoms with Gasteiger partial charge in [-0.1, -0.05) is 29.8 Å². The molecule has 1 aliphatic rings. The summed E-state index contributed by atoms with van der Waals surface area (Å²) in [5.41, 5.74) is 2.83. The van der Waals surface area contributed by atoms with Gasteiger partial charge in [-0.15, -0.1) is 11.3 Å². The summed E-state index contributed by atoms with van der Waals surface area (Å²) < 4.78 is 5.31. The van der Waals surface area contributed by atoms with E-state index in [0.717, 1.165) is 18.7 Å². The Kier molecular flexibility index (Phi) is 7.33. The van der Waals surface area contributed by atoms with Crippen LogP contribution in [-0.2, 0) is 9.53 Å². The third kappa shape index (κ3) is 6.27. The van der Waals surface area contributed by atoms with Crippen LogP contribution in [0.3, 0.4) is 0 Å². The summed E-state index contributed by atoms with van der Waals surface area (Å²) in [5.74, 6) is -0.0673. The van der Waals surface area contributed by atoms with Crippen LogP contribution >= 0.6 is 22.9 Å². The number of urea groups is 1. The number of benzene rings is 2. The first kappa shape index (κ1) is 22.2. The normalized spacial score (nSPS) is 14.0. The molecule has 1 fully saturated rings. The Morgan fingerprint density at radius 3 is 2.56 bits per heavy atom. The number of anilines is 3. The minimum Gasteiger partial charge on any atom is -0.379 e. The van der Waals surface area contributed by atoms with Crippen LogP contribution < -0.4 is 16.0 Å². The number of morpholine rings is 1. The standard InChI is InChI=1S/C22H22ClN5O3S/c23-16-4-2-6-18(12-16)25-21(30)27-22-26-19(14-32-22)15-3-1-5-17(11-15)24-20(29)13-28-7-9-31-10-8-28/h1-6,11-12,14H,7-10,13H2,(H,24,29)(H2,25,26,27,30). The summed E-state index contributed by atoms with van der Waals surface area (Å²) in [6, 6.07) is 14.0. The lowest BCUT2D eigenvalue weighted by Gasteiger charge is -2.25. The number of nitrogens with one attached hydrogen (secondary N) is 3. The van der Waals surface area contributed by atoms with Crippen LogP contribution in [0.25, 0.3) is 11.3 Å². The highest BCUT2D eigenvalue weighted by Crippen LogP contribution is 2.27. The van der Waals surface area contributed by atoms with E-state index in [4.69, 9.17) is 16.3 Å². The van der Waals surface area contributed by atoms with E-state index in [1.807, 2.05) is 29.6 Å². The zero-order valence-corrected chi connectivity index (χ0v) is 18.7. The number of amides is 3. The molecule has 1 saturated heterocycles. The maximum Gasteiger partial charge on any atom is 0.325 e. The number of hydrogen-bond acceptors (Lipinski definition) is 6. The number of rotatable bonds is 6. The Labute approximate surface area is 194 Å². The summed E-state index contributed by atoms with van der Waals surface area (Å²) in [6.07, 6.45) is 0. The highest BCUT2D eigenvalue weighted by molar-refractivity contribution is 7.14. The van der Waals surface area contributed by atoms with Gasteiger partial charge in [0.1, 0.15) is 0 Å². The van der Waals surface area contributed by atoms with Crippen molar-refractivity contribution in [1.82, 2.24) is 9.88 Å². The van der Waals surface area contributed by atoms with Crippen LogP contribution in [0.1, 0.15) is 0 Å². The molecule has 0 radical (unpaired) electrons. The van der Waals surface area contributed by atoms with Gasteiger partial charge in [-0.25, -0.2) is 9.78 Å². The number of carbonyl (C=O) groups excluding carboxylic acids is 2. The summed E-state index contributed by atoms with van der Waals surface area (Å²) >= 11 is 7.25. The van der Waals surface area contributed by atoms with E-state index in [9.17, 15) is 9.59 Å². The quantitative estimate of drug-likeness (QED) is 0.496. The third-order valence-corrected chi connectivity index (χ3v) is 5.71. The zero-order valence-electron chi connectivity index (χ0n) is 17.1. The minimum absolute atomic E-state index is 0.0673. The Morgan fingerprint density at radius 1 is 1.03 bits per heavy atom. The second kappa shape index (κ2) is 10.6. The zero-order chi connectivity index (χ0) is 22.3. The SMILES string of the molecule is O=C(CN1CCOCC1)Nc1cccc(-c2csc(NC(=O)Nc3cccc(Cl)c3)n2)c1. The molecule has 0 bridgehead atoms. The van der Waals surface area contributed by atoms with E-state index in [-0.39, 0.29) is 5.91 Å². The molecule has 3 amide bonds. The van der Waals surface area contributed by atoms with Gasteiger partial charge in [0.15, 0.2) is 5.13 Å². The molecule has 32 heavy (non-hydrogen) atoms. The molecule has 1 aliphatic heterocycles. The molecule has 0 spiro atoms. The van der Waals surface area contributed by atoms with Crippen molar-refractivity contribution in [3.63, 3.8) is 0 Å². The second-order valence-electron chi connectivity index (χ2n) is 7.14. The Morgan fingerprint density at radius 2 is 1.78 bits per heavy atom. The highest BCUT2D eigenvalue weighted by atomic mass is 35.5. The van der Waals surface area contributed by atoms with Crippen molar-refractivity contribution in [3.8, 4) is 11.3 Å². The summed E-state index contributed by atoms with van der Waals surface area (Å²) in [5, 5.41) is 11.2. The Bertz CT molecular complexity index is 1100. The lowest BCUT2D eigenvalue weighted by molar-refractivity contribution is -0.118. The fourth-order valence-electron chi connectivity index (χ4n) is 3.21. The number of ether oxygens (including phenoxy) is 1. The van der Waals surface area contributed by atoms with Crippen LogP contribution in [0, 0.1) is 0 Å². The molecule has 166 valence electrons. The van der Waals surface area contributed by atoms with E-state index < -0.39 is 6.03 Å². The first-order chi connectivity index (χ1) is 15.5. The van der Waals surface area contributed by atoms with Crippen molar-refractivity contribution in [2.24, 2.45) is 0 Å². The molecule has 0 unspecified atom stereocenters. The Balaban J connectivity index is 1.35. The molecule has 2 heterocycles. The molecule has 0 atom stereocenters. The van der Waals surface area contributed by atoms with Gasteiger partial charge in [0.05, 0.1) is 25.5 Å². The fourth-order valence-corrected chi connectivity index (χ4v) is 4.11. The molecular formula is C22H22ClN5O3S. The monoisotopic (exact) mass is 471 g/mol. The van der Waals surface area contributed by atoms with E-state index in [1.165, 1.54) is 11.3 Å². The number of halogens is 1. The van der Waals surface area contributed by atoms with Gasteiger partial charge in [0, 0.05) is 40.4 Å². The number of carbonyl (C=O) groups is 2. The topological polar surface area (TPSA) is 95.6 Å². The van der Waals surface area contributed by atoms with Crippen molar-refractivity contribution < 1.29 is 14.3 Å². The maximum absolute atomic E-state index is 12.4. The largest absolute Gasteiger partial charge is 0.379 e. The number of aromatic nitrogens is 1. The molecule has 0 saturated carbocycles. The van der Waals surface area contributed by atoms with Gasteiger partial charge in [-0.2, -0.15) is 0 Å². The minimum atomic E-state index is -0.405. The van der Waals surface area contributed by atoms with Crippen LogP contribution in [-0.4, -0.2) is 54.7 Å². The first-order valence-electron chi connectivity index (χ1n) is 10.0. The van der Waals surface area contributed by atoms with Crippen LogP contribution in [0.2, 0.25) is 5.02 Å². The van der Waals surface area contributed by atoms with Gasteiger partial charge in [0.2, 0.25) is 5.91 Å². The molecule has 1 aromatic heterocycles. The van der Waals surface area contributed by atoms with Crippen LogP contribution in [0.15, 0.2) is 53.9 Å². The van der Waals surface area contributed by atoms with Crippen molar-refractivity contribution in [2.45, 2.75) is 0 Å². The molecule has 4 rings (SSSR count). The van der Waals surface area contributed by atoms with E-state index >= 15 is 0 Å². The van der Waals surface area contributed by atoms with Crippen molar-refractivity contribution in [3.05, 3.63) is 58.9 Å². The molecule has 8 nitrogen and oxygen atoms in total. The molecule has 10 heteroatoms. The summed E-state index contributed by atoms with van der Waals surface area (Å²) in [7, 11) is 0. The summed E-state index contributed by atoms with van der Waals surface area (Å²) in [6.45, 7) is 3.15.